The van der Waals surface area contributed by atoms with Crippen LogP contribution in [0.1, 0.15) is 6.42 Å². The van der Waals surface area contributed by atoms with Crippen LogP contribution >= 0.6 is 0 Å². The molecular weight excluding hydrogens is 166 g/mol. The van der Waals surface area contributed by atoms with E-state index >= 15 is 0 Å². The first-order valence-electron chi connectivity index (χ1n) is 4.69. The van der Waals surface area contributed by atoms with Crippen molar-refractivity contribution in [1.29, 1.82) is 0 Å². The van der Waals surface area contributed by atoms with Crippen molar-refractivity contribution in [3.05, 3.63) is 6.42 Å². The van der Waals surface area contributed by atoms with Gasteiger partial charge in [-0.05, 0) is 26.9 Å². The maximum absolute atomic E-state index is 11.4. The van der Waals surface area contributed by atoms with Crippen LogP contribution in [-0.2, 0) is 0 Å². The molecule has 0 aliphatic carbocycles. The van der Waals surface area contributed by atoms with Gasteiger partial charge in [0.15, 0.2) is 0 Å². The molecule has 0 atom stereocenters. The van der Waals surface area contributed by atoms with Crippen molar-refractivity contribution < 1.29 is 4.79 Å². The summed E-state index contributed by atoms with van der Waals surface area (Å²) in [7, 11) is 3.99. The summed E-state index contributed by atoms with van der Waals surface area (Å²) in [6.45, 7) is 3.28. The number of nitrogens with one attached hydrogen (secondary N) is 1. The number of nitrogens with zero attached hydrogens (tertiary/aromatic N) is 2. The third-order valence-electron chi connectivity index (χ3n) is 2.08. The van der Waals surface area contributed by atoms with Gasteiger partial charge in [-0.3, -0.25) is 0 Å². The van der Waals surface area contributed by atoms with Crippen LogP contribution in [0.4, 0.5) is 4.79 Å². The van der Waals surface area contributed by atoms with E-state index in [1.165, 1.54) is 0 Å². The molecule has 0 saturated carbocycles. The van der Waals surface area contributed by atoms with Gasteiger partial charge < -0.3 is 15.1 Å². The zero-order valence-corrected chi connectivity index (χ0v) is 8.42. The van der Waals surface area contributed by atoms with Crippen molar-refractivity contribution in [3.8, 4) is 0 Å². The first-order valence-corrected chi connectivity index (χ1v) is 4.69. The van der Waals surface area contributed by atoms with Gasteiger partial charge in [0, 0.05) is 26.2 Å². The number of rotatable bonds is 3. The van der Waals surface area contributed by atoms with Gasteiger partial charge in [-0.25, -0.2) is 4.79 Å². The minimum Gasteiger partial charge on any atom is -0.337 e. The van der Waals surface area contributed by atoms with Gasteiger partial charge >= 0.3 is 6.03 Å². The topological polar surface area (TPSA) is 35.6 Å². The summed E-state index contributed by atoms with van der Waals surface area (Å²) >= 11 is 0. The molecule has 0 aromatic heterocycles. The Morgan fingerprint density at radius 1 is 1.62 bits per heavy atom. The zero-order valence-electron chi connectivity index (χ0n) is 8.42. The van der Waals surface area contributed by atoms with Gasteiger partial charge in [0.2, 0.25) is 0 Å². The third-order valence-corrected chi connectivity index (χ3v) is 2.08. The lowest BCUT2D eigenvalue weighted by atomic mass is 10.4. The lowest BCUT2D eigenvalue weighted by Gasteiger charge is -2.17. The lowest BCUT2D eigenvalue weighted by Crippen LogP contribution is -2.40. The van der Waals surface area contributed by atoms with Crippen molar-refractivity contribution >= 4 is 6.03 Å². The number of likely N-dealkylation sites (N-methyl/N-ethyl adjacent to an activating group) is 1. The van der Waals surface area contributed by atoms with Gasteiger partial charge in [-0.15, -0.1) is 0 Å². The molecule has 4 heteroatoms. The maximum Gasteiger partial charge on any atom is 0.317 e. The quantitative estimate of drug-likeness (QED) is 0.678. The fourth-order valence-corrected chi connectivity index (χ4v) is 1.27. The molecule has 4 nitrogen and oxygen atoms in total. The Labute approximate surface area is 79.9 Å². The van der Waals surface area contributed by atoms with Crippen molar-refractivity contribution in [1.82, 2.24) is 15.1 Å². The highest BCUT2D eigenvalue weighted by Crippen LogP contribution is 2.05. The number of hydrogen-bond acceptors (Lipinski definition) is 2. The molecule has 13 heavy (non-hydrogen) atoms. The van der Waals surface area contributed by atoms with E-state index in [-0.39, 0.29) is 6.03 Å². The minimum atomic E-state index is 0.0654. The molecular formula is C9H18N3O. The Kier molecular flexibility index (Phi) is 4.02. The molecule has 2 amide bonds. The molecule has 0 aromatic rings. The van der Waals surface area contributed by atoms with Crippen molar-refractivity contribution in [2.24, 2.45) is 0 Å². The van der Waals surface area contributed by atoms with E-state index in [2.05, 4.69) is 16.6 Å². The molecule has 0 bridgehead atoms. The van der Waals surface area contributed by atoms with E-state index in [4.69, 9.17) is 0 Å². The summed E-state index contributed by atoms with van der Waals surface area (Å²) in [5.41, 5.74) is 0. The molecule has 1 rings (SSSR count). The summed E-state index contributed by atoms with van der Waals surface area (Å²) in [6.07, 6.45) is 3.16. The van der Waals surface area contributed by atoms with Crippen LogP contribution in [0.15, 0.2) is 0 Å². The van der Waals surface area contributed by atoms with Crippen LogP contribution in [0, 0.1) is 6.42 Å². The van der Waals surface area contributed by atoms with Crippen LogP contribution in [0.5, 0.6) is 0 Å². The van der Waals surface area contributed by atoms with E-state index in [0.717, 1.165) is 32.6 Å². The van der Waals surface area contributed by atoms with Gasteiger partial charge in [-0.1, -0.05) is 0 Å². The maximum atomic E-state index is 11.4. The van der Waals surface area contributed by atoms with Gasteiger partial charge in [0.05, 0.1) is 0 Å². The van der Waals surface area contributed by atoms with Gasteiger partial charge in [-0.2, -0.15) is 0 Å². The molecule has 1 N–H and O–H groups in total. The van der Waals surface area contributed by atoms with Gasteiger partial charge in [0.25, 0.3) is 0 Å². The number of carbonyl (C=O) groups excluding carboxylic acids is 1. The van der Waals surface area contributed by atoms with Crippen molar-refractivity contribution in [2.75, 3.05) is 40.3 Å². The normalized spacial score (nSPS) is 16.7. The zero-order chi connectivity index (χ0) is 9.68. The Hall–Kier alpha value is -0.770. The summed E-state index contributed by atoms with van der Waals surface area (Å²) in [4.78, 5) is 15.3. The van der Waals surface area contributed by atoms with E-state index in [9.17, 15) is 4.79 Å². The molecule has 0 unspecified atom stereocenters. The molecule has 1 radical (unpaired) electrons. The van der Waals surface area contributed by atoms with Crippen LogP contribution < -0.4 is 5.32 Å². The van der Waals surface area contributed by atoms with E-state index in [1.54, 1.807) is 0 Å². The smallest absolute Gasteiger partial charge is 0.317 e. The van der Waals surface area contributed by atoms with Crippen LogP contribution in [0.25, 0.3) is 0 Å². The summed E-state index contributed by atoms with van der Waals surface area (Å²) < 4.78 is 0. The molecule has 0 spiro atoms. The van der Waals surface area contributed by atoms with Crippen LogP contribution in [-0.4, -0.2) is 56.1 Å². The lowest BCUT2D eigenvalue weighted by molar-refractivity contribution is 0.208. The van der Waals surface area contributed by atoms with Crippen LogP contribution in [0.3, 0.4) is 0 Å². The Bertz CT molecular complexity index is 164. The largest absolute Gasteiger partial charge is 0.337 e. The van der Waals surface area contributed by atoms with E-state index in [1.807, 2.05) is 19.0 Å². The number of urea groups is 1. The van der Waals surface area contributed by atoms with E-state index < -0.39 is 0 Å². The average molecular weight is 184 g/mol. The summed E-state index contributed by atoms with van der Waals surface area (Å²) in [6, 6.07) is 0.0654. The first-order chi connectivity index (χ1) is 6.20. The number of likely N-dealkylation sites (tertiary alicyclic amines) is 1. The Balaban J connectivity index is 2.10. The first kappa shape index (κ1) is 10.3. The van der Waals surface area contributed by atoms with E-state index in [0.29, 0.717) is 0 Å². The highest BCUT2D eigenvalue weighted by molar-refractivity contribution is 5.74. The Morgan fingerprint density at radius 2 is 2.38 bits per heavy atom. The fourth-order valence-electron chi connectivity index (χ4n) is 1.27. The highest BCUT2D eigenvalue weighted by atomic mass is 16.2. The minimum absolute atomic E-state index is 0.0654. The number of carbonyl (C=O) groups is 1. The number of amides is 2. The molecule has 75 valence electrons. The monoisotopic (exact) mass is 184 g/mol. The molecule has 1 fully saturated rings. The second-order valence-electron chi connectivity index (χ2n) is 3.56. The summed E-state index contributed by atoms with van der Waals surface area (Å²) in [5.74, 6) is 0. The standard InChI is InChI=1S/C9H18N3O/c1-11(2)8-5-10-9(13)12-6-3-4-7-12/h3H,4-8H2,1-2H3,(H,10,13). The average Bonchev–Trinajstić information content (AvgIpc) is 2.55. The molecule has 1 saturated heterocycles. The molecule has 1 aliphatic rings. The second-order valence-corrected chi connectivity index (χ2v) is 3.56. The van der Waals surface area contributed by atoms with Gasteiger partial charge in [0.1, 0.15) is 0 Å². The fraction of sp³-hybridized carbons (Fsp3) is 0.778. The predicted molar refractivity (Wildman–Crippen MR) is 52.4 cm³/mol. The molecule has 1 aliphatic heterocycles. The van der Waals surface area contributed by atoms with Crippen LogP contribution in [0.2, 0.25) is 0 Å². The summed E-state index contributed by atoms with van der Waals surface area (Å²) in [5, 5.41) is 2.88. The van der Waals surface area contributed by atoms with Crippen molar-refractivity contribution in [2.45, 2.75) is 6.42 Å². The Morgan fingerprint density at radius 3 is 2.92 bits per heavy atom. The van der Waals surface area contributed by atoms with Crippen molar-refractivity contribution in [3.63, 3.8) is 0 Å². The SMILES string of the molecule is CN(C)CCNC(=O)N1C[CH]CC1. The number of hydrogen-bond donors (Lipinski definition) is 1. The third kappa shape index (κ3) is 3.63. The predicted octanol–water partition coefficient (Wildman–Crippen LogP) is 0.168. The highest BCUT2D eigenvalue weighted by Gasteiger charge is 2.16. The molecule has 1 heterocycles. The second kappa shape index (κ2) is 5.07. The molecule has 0 aromatic carbocycles.